The fourth-order valence-corrected chi connectivity index (χ4v) is 1.30. The summed E-state index contributed by atoms with van der Waals surface area (Å²) in [5.41, 5.74) is 7.07. The van der Waals surface area contributed by atoms with E-state index in [2.05, 4.69) is 15.4 Å². The molecule has 2 rings (SSSR count). The second-order valence-corrected chi connectivity index (χ2v) is 3.11. The van der Waals surface area contributed by atoms with Gasteiger partial charge >= 0.3 is 0 Å². The van der Waals surface area contributed by atoms with Crippen LogP contribution in [0.5, 0.6) is 0 Å². The molecule has 6 heteroatoms. The van der Waals surface area contributed by atoms with Gasteiger partial charge in [-0.05, 0) is 24.3 Å². The number of hydrogen-bond acceptors (Lipinski definition) is 5. The van der Waals surface area contributed by atoms with Crippen molar-refractivity contribution >= 4 is 11.9 Å². The largest absolute Gasteiger partial charge is 0.368 e. The Morgan fingerprint density at radius 3 is 2.56 bits per heavy atom. The predicted molar refractivity (Wildman–Crippen MR) is 60.0 cm³/mol. The Morgan fingerprint density at radius 2 is 2.06 bits per heavy atom. The molecular formula is C10H10N6. The van der Waals surface area contributed by atoms with Crippen molar-refractivity contribution in [1.29, 1.82) is 5.26 Å². The Morgan fingerprint density at radius 1 is 1.38 bits per heavy atom. The van der Waals surface area contributed by atoms with Gasteiger partial charge in [0.25, 0.3) is 0 Å². The van der Waals surface area contributed by atoms with E-state index in [0.717, 1.165) is 5.69 Å². The summed E-state index contributed by atoms with van der Waals surface area (Å²) >= 11 is 0. The summed E-state index contributed by atoms with van der Waals surface area (Å²) in [6.07, 6.45) is 0. The van der Waals surface area contributed by atoms with Crippen molar-refractivity contribution in [2.45, 2.75) is 0 Å². The summed E-state index contributed by atoms with van der Waals surface area (Å²) in [5.74, 6) is 0.760. The number of rotatable bonds is 2. The number of anilines is 2. The van der Waals surface area contributed by atoms with Crippen LogP contribution in [0.2, 0.25) is 0 Å². The highest BCUT2D eigenvalue weighted by molar-refractivity contribution is 5.44. The van der Waals surface area contributed by atoms with Crippen LogP contribution in [0.4, 0.5) is 11.9 Å². The van der Waals surface area contributed by atoms with E-state index in [1.165, 1.54) is 4.68 Å². The maximum absolute atomic E-state index is 8.68. The lowest BCUT2D eigenvalue weighted by atomic mass is 10.2. The molecule has 80 valence electrons. The summed E-state index contributed by atoms with van der Waals surface area (Å²) in [6, 6.07) is 8.99. The van der Waals surface area contributed by atoms with Crippen molar-refractivity contribution in [1.82, 2.24) is 14.8 Å². The van der Waals surface area contributed by atoms with Crippen LogP contribution in [-0.4, -0.2) is 21.8 Å². The zero-order chi connectivity index (χ0) is 11.5. The smallest absolute Gasteiger partial charge is 0.244 e. The van der Waals surface area contributed by atoms with Crippen molar-refractivity contribution < 1.29 is 0 Å². The topological polar surface area (TPSA) is 92.5 Å². The SMILES string of the molecule is CNc1nc(N)n(-c2ccc(C#N)cc2)n1. The monoisotopic (exact) mass is 214 g/mol. The molecule has 0 aliphatic rings. The Labute approximate surface area is 92.3 Å². The van der Waals surface area contributed by atoms with Gasteiger partial charge in [0.1, 0.15) is 0 Å². The van der Waals surface area contributed by atoms with Crippen LogP contribution >= 0.6 is 0 Å². The molecule has 0 amide bonds. The van der Waals surface area contributed by atoms with Crippen LogP contribution in [0, 0.1) is 11.3 Å². The maximum Gasteiger partial charge on any atom is 0.244 e. The summed E-state index contributed by atoms with van der Waals surface area (Å²) in [5, 5.41) is 15.6. The van der Waals surface area contributed by atoms with Crippen molar-refractivity contribution in [3.63, 3.8) is 0 Å². The van der Waals surface area contributed by atoms with Gasteiger partial charge in [-0.2, -0.15) is 14.9 Å². The lowest BCUT2D eigenvalue weighted by Crippen LogP contribution is -2.02. The third kappa shape index (κ3) is 1.66. The standard InChI is InChI=1S/C10H10N6/c1-13-10-14-9(12)16(15-10)8-4-2-7(6-11)3-5-8/h2-5H,1H3,(H3,12,13,14,15). The van der Waals surface area contributed by atoms with E-state index in [1.54, 1.807) is 31.3 Å². The van der Waals surface area contributed by atoms with Crippen molar-refractivity contribution in [3.8, 4) is 11.8 Å². The quantitative estimate of drug-likeness (QED) is 0.770. The summed E-state index contributed by atoms with van der Waals surface area (Å²) < 4.78 is 1.51. The molecule has 2 aromatic rings. The third-order valence-corrected chi connectivity index (χ3v) is 2.10. The van der Waals surface area contributed by atoms with Crippen LogP contribution in [0.3, 0.4) is 0 Å². The number of nitrogens with zero attached hydrogens (tertiary/aromatic N) is 4. The van der Waals surface area contributed by atoms with Crippen molar-refractivity contribution in [2.75, 3.05) is 18.1 Å². The van der Waals surface area contributed by atoms with Crippen LogP contribution in [0.25, 0.3) is 5.69 Å². The molecule has 3 N–H and O–H groups in total. The molecule has 0 saturated carbocycles. The van der Waals surface area contributed by atoms with Crippen LogP contribution in [0.15, 0.2) is 24.3 Å². The first-order valence-corrected chi connectivity index (χ1v) is 4.65. The van der Waals surface area contributed by atoms with Gasteiger partial charge in [-0.3, -0.25) is 0 Å². The zero-order valence-corrected chi connectivity index (χ0v) is 8.68. The highest BCUT2D eigenvalue weighted by Crippen LogP contribution is 2.13. The third-order valence-electron chi connectivity index (χ3n) is 2.10. The van der Waals surface area contributed by atoms with Gasteiger partial charge in [0.2, 0.25) is 11.9 Å². The van der Waals surface area contributed by atoms with Gasteiger partial charge in [0, 0.05) is 7.05 Å². The fourth-order valence-electron chi connectivity index (χ4n) is 1.30. The van der Waals surface area contributed by atoms with E-state index >= 15 is 0 Å². The van der Waals surface area contributed by atoms with E-state index in [9.17, 15) is 0 Å². The van der Waals surface area contributed by atoms with Gasteiger partial charge in [-0.25, -0.2) is 0 Å². The van der Waals surface area contributed by atoms with Crippen LogP contribution < -0.4 is 11.1 Å². The molecule has 0 aliphatic heterocycles. The van der Waals surface area contributed by atoms with Gasteiger partial charge in [0.15, 0.2) is 0 Å². The molecular weight excluding hydrogens is 204 g/mol. The molecule has 0 aliphatic carbocycles. The number of hydrogen-bond donors (Lipinski definition) is 2. The number of benzene rings is 1. The van der Waals surface area contributed by atoms with Crippen LogP contribution in [0.1, 0.15) is 5.56 Å². The van der Waals surface area contributed by atoms with Gasteiger partial charge in [-0.15, -0.1) is 5.10 Å². The number of aromatic nitrogens is 3. The molecule has 6 nitrogen and oxygen atoms in total. The lowest BCUT2D eigenvalue weighted by molar-refractivity contribution is 0.892. The first kappa shape index (κ1) is 9.98. The summed E-state index contributed by atoms with van der Waals surface area (Å²) in [6.45, 7) is 0. The Kier molecular flexibility index (Phi) is 2.44. The molecule has 0 atom stereocenters. The second kappa shape index (κ2) is 3.90. The van der Waals surface area contributed by atoms with Crippen molar-refractivity contribution in [2.24, 2.45) is 0 Å². The van der Waals surface area contributed by atoms with E-state index in [-0.39, 0.29) is 0 Å². The van der Waals surface area contributed by atoms with E-state index in [4.69, 9.17) is 11.0 Å². The van der Waals surface area contributed by atoms with E-state index in [1.807, 2.05) is 6.07 Å². The number of nitrogen functional groups attached to an aromatic ring is 1. The highest BCUT2D eigenvalue weighted by atomic mass is 15.4. The first-order chi connectivity index (χ1) is 7.74. The van der Waals surface area contributed by atoms with E-state index in [0.29, 0.717) is 17.5 Å². The molecule has 0 saturated heterocycles. The number of nitriles is 1. The second-order valence-electron chi connectivity index (χ2n) is 3.11. The molecule has 1 aromatic carbocycles. The maximum atomic E-state index is 8.68. The Bertz CT molecular complexity index is 533. The summed E-state index contributed by atoms with van der Waals surface area (Å²) in [4.78, 5) is 4.00. The average Bonchev–Trinajstić information content (AvgIpc) is 2.71. The minimum atomic E-state index is 0.300. The lowest BCUT2D eigenvalue weighted by Gasteiger charge is -2.01. The van der Waals surface area contributed by atoms with Gasteiger partial charge in [-0.1, -0.05) is 0 Å². The minimum absolute atomic E-state index is 0.300. The van der Waals surface area contributed by atoms with Gasteiger partial charge in [0.05, 0.1) is 17.3 Å². The zero-order valence-electron chi connectivity index (χ0n) is 8.68. The Hall–Kier alpha value is -2.55. The number of nitrogens with two attached hydrogens (primary N) is 1. The van der Waals surface area contributed by atoms with Crippen molar-refractivity contribution in [3.05, 3.63) is 29.8 Å². The molecule has 0 bridgehead atoms. The number of nitrogens with one attached hydrogen (secondary N) is 1. The fraction of sp³-hybridized carbons (Fsp3) is 0.100. The molecule has 0 spiro atoms. The van der Waals surface area contributed by atoms with Gasteiger partial charge < -0.3 is 11.1 Å². The molecule has 0 fully saturated rings. The van der Waals surface area contributed by atoms with Crippen LogP contribution in [-0.2, 0) is 0 Å². The average molecular weight is 214 g/mol. The molecule has 16 heavy (non-hydrogen) atoms. The molecule has 0 radical (unpaired) electrons. The normalized spacial score (nSPS) is 9.75. The Balaban J connectivity index is 2.42. The minimum Gasteiger partial charge on any atom is -0.368 e. The first-order valence-electron chi connectivity index (χ1n) is 4.65. The highest BCUT2D eigenvalue weighted by Gasteiger charge is 2.06. The summed E-state index contributed by atoms with van der Waals surface area (Å²) in [7, 11) is 1.72. The molecule has 1 heterocycles. The molecule has 0 unspecified atom stereocenters. The van der Waals surface area contributed by atoms with E-state index < -0.39 is 0 Å². The predicted octanol–water partition coefficient (Wildman–Crippen LogP) is 0.763. The molecule has 1 aromatic heterocycles.